The van der Waals surface area contributed by atoms with E-state index in [0.29, 0.717) is 5.69 Å². The van der Waals surface area contributed by atoms with Crippen LogP contribution < -0.4 is 5.56 Å². The fourth-order valence-corrected chi connectivity index (χ4v) is 1.58. The molecule has 2 nitrogen and oxygen atoms in total. The molecule has 1 aromatic heterocycles. The molecule has 2 aromatic rings. The molecule has 0 unspecified atom stereocenters. The van der Waals surface area contributed by atoms with Crippen LogP contribution in [0, 0.1) is 6.85 Å². The zero-order valence-electron chi connectivity index (χ0n) is 12.1. The maximum absolute atomic E-state index is 11.8. The van der Waals surface area contributed by atoms with Gasteiger partial charge in [0.15, 0.2) is 0 Å². The van der Waals surface area contributed by atoms with E-state index in [1.807, 2.05) is 24.3 Å². The van der Waals surface area contributed by atoms with E-state index in [9.17, 15) is 4.79 Å². The van der Waals surface area contributed by atoms with Gasteiger partial charge in [0, 0.05) is 22.1 Å². The van der Waals surface area contributed by atoms with Gasteiger partial charge in [-0.25, -0.2) is 0 Å². The van der Waals surface area contributed by atoms with E-state index in [2.05, 4.69) is 6.92 Å². The van der Waals surface area contributed by atoms with Gasteiger partial charge >= 0.3 is 0 Å². The first kappa shape index (κ1) is 7.44. The highest BCUT2D eigenvalue weighted by molar-refractivity contribution is 5.35. The second-order valence-electron chi connectivity index (χ2n) is 3.65. The largest absolute Gasteiger partial charge is 0.284 e. The van der Waals surface area contributed by atoms with Crippen LogP contribution in [0.25, 0.3) is 5.69 Å². The molecule has 0 fully saturated rings. The minimum absolute atomic E-state index is 0.159. The summed E-state index contributed by atoms with van der Waals surface area (Å²) in [4.78, 5) is 11.8. The number of aromatic nitrogens is 1. The standard InChI is InChI=1S/C14H15NO/c1-3-12-5-7-13(8-6-12)15-10-11(2)4-9-14(15)16/h4-10H,3H2,1-2H3/i2D3. The van der Waals surface area contributed by atoms with Crippen LogP contribution in [0.2, 0.25) is 0 Å². The van der Waals surface area contributed by atoms with Crippen LogP contribution in [-0.4, -0.2) is 4.57 Å². The van der Waals surface area contributed by atoms with Gasteiger partial charge in [-0.2, -0.15) is 0 Å². The lowest BCUT2D eigenvalue weighted by atomic mass is 10.1. The second-order valence-corrected chi connectivity index (χ2v) is 3.65. The molecule has 0 aliphatic rings. The predicted molar refractivity (Wildman–Crippen MR) is 66.2 cm³/mol. The van der Waals surface area contributed by atoms with E-state index in [4.69, 9.17) is 4.11 Å². The maximum Gasteiger partial charge on any atom is 0.255 e. The molecule has 0 aliphatic carbocycles. The summed E-state index contributed by atoms with van der Waals surface area (Å²) in [6.45, 7) is -0.158. The molecule has 2 heteroatoms. The maximum atomic E-state index is 11.8. The number of pyridine rings is 1. The van der Waals surface area contributed by atoms with Crippen LogP contribution >= 0.6 is 0 Å². The van der Waals surface area contributed by atoms with Crippen LogP contribution in [0.4, 0.5) is 0 Å². The van der Waals surface area contributed by atoms with Crippen molar-refractivity contribution in [2.75, 3.05) is 0 Å². The average molecular weight is 216 g/mol. The number of benzene rings is 1. The van der Waals surface area contributed by atoms with Gasteiger partial charge in [0.05, 0.1) is 0 Å². The first-order chi connectivity index (χ1) is 8.91. The summed E-state index contributed by atoms with van der Waals surface area (Å²) in [5.41, 5.74) is 1.76. The molecule has 0 saturated carbocycles. The van der Waals surface area contributed by atoms with Gasteiger partial charge < -0.3 is 0 Å². The Hall–Kier alpha value is -1.83. The molecule has 0 saturated heterocycles. The Bertz CT molecular complexity index is 626. The van der Waals surface area contributed by atoms with E-state index < -0.39 is 6.85 Å². The monoisotopic (exact) mass is 216 g/mol. The van der Waals surface area contributed by atoms with Gasteiger partial charge in [-0.1, -0.05) is 25.1 Å². The van der Waals surface area contributed by atoms with Gasteiger partial charge in [-0.3, -0.25) is 9.36 Å². The summed E-state index contributed by atoms with van der Waals surface area (Å²) < 4.78 is 23.5. The van der Waals surface area contributed by atoms with Gasteiger partial charge in [0.1, 0.15) is 0 Å². The normalized spacial score (nSPS) is 13.9. The molecule has 0 amide bonds. The third-order valence-corrected chi connectivity index (χ3v) is 2.53. The fourth-order valence-electron chi connectivity index (χ4n) is 1.58. The first-order valence-corrected chi connectivity index (χ1v) is 5.24. The van der Waals surface area contributed by atoms with Crippen LogP contribution in [-0.2, 0) is 6.42 Å². The minimum Gasteiger partial charge on any atom is -0.284 e. The molecule has 0 atom stereocenters. The Morgan fingerprint density at radius 1 is 1.19 bits per heavy atom. The van der Waals surface area contributed by atoms with Crippen molar-refractivity contribution in [3.05, 3.63) is 64.1 Å². The number of hydrogen-bond acceptors (Lipinski definition) is 1. The zero-order valence-corrected chi connectivity index (χ0v) is 9.10. The van der Waals surface area contributed by atoms with Crippen molar-refractivity contribution in [1.29, 1.82) is 0 Å². The summed E-state index contributed by atoms with van der Waals surface area (Å²) in [6, 6.07) is 10.2. The average Bonchev–Trinajstić information content (AvgIpc) is 2.38. The third-order valence-electron chi connectivity index (χ3n) is 2.53. The summed E-state index contributed by atoms with van der Waals surface area (Å²) in [5, 5.41) is 0. The van der Waals surface area contributed by atoms with Crippen molar-refractivity contribution in [3.8, 4) is 5.69 Å². The Morgan fingerprint density at radius 3 is 2.56 bits per heavy atom. The summed E-state index contributed by atoms with van der Waals surface area (Å²) in [6.07, 6.45) is 2.31. The molecule has 16 heavy (non-hydrogen) atoms. The highest BCUT2D eigenvalue weighted by Crippen LogP contribution is 2.08. The van der Waals surface area contributed by atoms with Gasteiger partial charge in [-0.15, -0.1) is 0 Å². The Morgan fingerprint density at radius 2 is 1.94 bits per heavy atom. The quantitative estimate of drug-likeness (QED) is 0.756. The predicted octanol–water partition coefficient (Wildman–Crippen LogP) is 2.71. The fraction of sp³-hybridized carbons (Fsp3) is 0.214. The van der Waals surface area contributed by atoms with Crippen LogP contribution in [0.1, 0.15) is 22.2 Å². The smallest absolute Gasteiger partial charge is 0.255 e. The SMILES string of the molecule is [2H]C([2H])([2H])c1ccc(=O)n(-c2ccc(CC)cc2)c1. The second kappa shape index (κ2) is 4.35. The topological polar surface area (TPSA) is 22.0 Å². The van der Waals surface area contributed by atoms with Crippen molar-refractivity contribution >= 4 is 0 Å². The number of rotatable bonds is 2. The van der Waals surface area contributed by atoms with E-state index >= 15 is 0 Å². The van der Waals surface area contributed by atoms with E-state index in [1.54, 1.807) is 0 Å². The van der Waals surface area contributed by atoms with Crippen LogP contribution in [0.3, 0.4) is 0 Å². The lowest BCUT2D eigenvalue weighted by Crippen LogP contribution is -2.16. The van der Waals surface area contributed by atoms with Gasteiger partial charge in [0.2, 0.25) is 0 Å². The summed E-state index contributed by atoms with van der Waals surface area (Å²) in [5.74, 6) is 0. The van der Waals surface area contributed by atoms with E-state index in [-0.39, 0.29) is 11.1 Å². The van der Waals surface area contributed by atoms with Crippen molar-refractivity contribution in [3.63, 3.8) is 0 Å². The Kier molecular flexibility index (Phi) is 2.03. The lowest BCUT2D eigenvalue weighted by Gasteiger charge is -2.07. The molecule has 0 bridgehead atoms. The van der Waals surface area contributed by atoms with Crippen LogP contribution in [0.5, 0.6) is 0 Å². The van der Waals surface area contributed by atoms with E-state index in [1.165, 1.54) is 28.5 Å². The molecule has 82 valence electrons. The molecule has 0 N–H and O–H groups in total. The highest BCUT2D eigenvalue weighted by atomic mass is 16.1. The zero-order chi connectivity index (χ0) is 14.0. The summed E-state index contributed by atoms with van der Waals surface area (Å²) in [7, 11) is 0. The van der Waals surface area contributed by atoms with Crippen molar-refractivity contribution in [2.24, 2.45) is 0 Å². The van der Waals surface area contributed by atoms with Crippen LogP contribution in [0.15, 0.2) is 47.4 Å². The highest BCUT2D eigenvalue weighted by Gasteiger charge is 1.99. The van der Waals surface area contributed by atoms with Crippen molar-refractivity contribution < 1.29 is 4.11 Å². The van der Waals surface area contributed by atoms with Gasteiger partial charge in [-0.05, 0) is 36.5 Å². The number of aryl methyl sites for hydroxylation is 2. The molecular formula is C14H15NO. The summed E-state index contributed by atoms with van der Waals surface area (Å²) >= 11 is 0. The van der Waals surface area contributed by atoms with E-state index in [0.717, 1.165) is 6.42 Å². The molecule has 0 radical (unpaired) electrons. The van der Waals surface area contributed by atoms with Gasteiger partial charge in [0.25, 0.3) is 5.56 Å². The van der Waals surface area contributed by atoms with Crippen molar-refractivity contribution in [1.82, 2.24) is 4.57 Å². The first-order valence-electron chi connectivity index (χ1n) is 6.74. The molecule has 0 spiro atoms. The molecule has 1 aromatic carbocycles. The molecule has 0 aliphatic heterocycles. The lowest BCUT2D eigenvalue weighted by molar-refractivity contribution is 0.973. The molecular weight excluding hydrogens is 198 g/mol. The Balaban J connectivity index is 2.51. The number of nitrogens with zero attached hydrogens (tertiary/aromatic N) is 1. The third kappa shape index (κ3) is 2.06. The Labute approximate surface area is 99.4 Å². The minimum atomic E-state index is -2.21. The number of hydrogen-bond donors (Lipinski definition) is 0. The van der Waals surface area contributed by atoms with Crippen molar-refractivity contribution in [2.45, 2.75) is 20.2 Å². The molecule has 1 heterocycles. The molecule has 2 rings (SSSR count).